The molecule has 12 heteroatoms. The van der Waals surface area contributed by atoms with Gasteiger partial charge < -0.3 is 34.5 Å². The summed E-state index contributed by atoms with van der Waals surface area (Å²) < 4.78 is 22.9. The SMILES string of the molecule is COc1ccc2cc1OCC(=O)NCc1ccc(c(OC)c1)O[C@H]1CN(C(=O)c3ccncc3Cl)C[C@@H]1NC2=O. The standard InChI is InChI=1S/C28H27ClN4O7/c1-37-21-6-4-17-10-24(21)39-15-26(34)31-11-16-3-5-22(23(9-16)38-2)40-25-14-33(13-20(25)32-27(17)35)28(36)18-7-8-30-12-19(18)29/h3-10,12,20,25H,11,13-15H2,1-2H3,(H,31,34)(H,32,35)/t20-,25-/m0/s1. The Labute approximate surface area is 235 Å². The van der Waals surface area contributed by atoms with E-state index in [4.69, 9.17) is 30.5 Å². The highest BCUT2D eigenvalue weighted by molar-refractivity contribution is 6.33. The van der Waals surface area contributed by atoms with Gasteiger partial charge in [0.1, 0.15) is 6.10 Å². The van der Waals surface area contributed by atoms with Crippen LogP contribution >= 0.6 is 11.6 Å². The predicted octanol–water partition coefficient (Wildman–Crippen LogP) is 2.46. The lowest BCUT2D eigenvalue weighted by Gasteiger charge is -2.22. The molecule has 1 aromatic heterocycles. The molecule has 11 nitrogen and oxygen atoms in total. The Morgan fingerprint density at radius 1 is 1.05 bits per heavy atom. The van der Waals surface area contributed by atoms with Gasteiger partial charge in [-0.1, -0.05) is 17.7 Å². The van der Waals surface area contributed by atoms with Gasteiger partial charge in [-0.2, -0.15) is 0 Å². The van der Waals surface area contributed by atoms with Crippen molar-refractivity contribution in [3.05, 3.63) is 76.6 Å². The Bertz CT molecular complexity index is 1450. The van der Waals surface area contributed by atoms with Gasteiger partial charge in [-0.3, -0.25) is 19.4 Å². The minimum atomic E-state index is -0.613. The fraction of sp³-hybridized carbons (Fsp3) is 0.286. The first-order chi connectivity index (χ1) is 19.4. The zero-order valence-corrected chi connectivity index (χ0v) is 22.6. The average Bonchev–Trinajstić information content (AvgIpc) is 3.36. The lowest BCUT2D eigenvalue weighted by Crippen LogP contribution is -2.45. The maximum absolute atomic E-state index is 13.4. The van der Waals surface area contributed by atoms with Gasteiger partial charge in [0.05, 0.1) is 37.4 Å². The number of aromatic nitrogens is 1. The maximum atomic E-state index is 13.4. The van der Waals surface area contributed by atoms with E-state index >= 15 is 0 Å². The van der Waals surface area contributed by atoms with Gasteiger partial charge in [0.15, 0.2) is 29.6 Å². The number of pyridine rings is 1. The van der Waals surface area contributed by atoms with E-state index in [9.17, 15) is 14.4 Å². The molecule has 0 spiro atoms. The number of carbonyl (C=O) groups excluding carboxylic acids is 3. The van der Waals surface area contributed by atoms with Gasteiger partial charge in [-0.05, 0) is 42.0 Å². The number of hydrogen-bond donors (Lipinski definition) is 2. The van der Waals surface area contributed by atoms with Crippen molar-refractivity contribution in [3.8, 4) is 23.0 Å². The first-order valence-corrected chi connectivity index (χ1v) is 12.8. The van der Waals surface area contributed by atoms with Crippen molar-refractivity contribution in [2.45, 2.75) is 18.7 Å². The number of halogens is 1. The monoisotopic (exact) mass is 566 g/mol. The summed E-state index contributed by atoms with van der Waals surface area (Å²) in [7, 11) is 2.98. The topological polar surface area (TPSA) is 128 Å². The molecule has 3 aliphatic rings. The molecule has 4 bridgehead atoms. The number of nitrogens with one attached hydrogen (secondary N) is 2. The number of benzene rings is 2. The molecule has 0 radical (unpaired) electrons. The summed E-state index contributed by atoms with van der Waals surface area (Å²) in [6, 6.07) is 10.9. The van der Waals surface area contributed by atoms with Crippen LogP contribution in [0.15, 0.2) is 54.9 Å². The van der Waals surface area contributed by atoms with Crippen molar-refractivity contribution in [3.63, 3.8) is 0 Å². The molecule has 4 heterocycles. The molecule has 3 aromatic rings. The largest absolute Gasteiger partial charge is 0.493 e. The summed E-state index contributed by atoms with van der Waals surface area (Å²) in [6.07, 6.45) is 2.29. The van der Waals surface area contributed by atoms with Gasteiger partial charge in [0.2, 0.25) is 0 Å². The second-order valence-corrected chi connectivity index (χ2v) is 9.63. The fourth-order valence-corrected chi connectivity index (χ4v) is 4.78. The number of likely N-dealkylation sites (tertiary alicyclic amines) is 1. The molecular formula is C28H27ClN4O7. The van der Waals surface area contributed by atoms with Gasteiger partial charge in [-0.15, -0.1) is 0 Å². The number of amides is 3. The highest BCUT2D eigenvalue weighted by Gasteiger charge is 2.39. The van der Waals surface area contributed by atoms with Crippen molar-refractivity contribution in [2.75, 3.05) is 33.9 Å². The Hall–Kier alpha value is -4.51. The highest BCUT2D eigenvalue weighted by Crippen LogP contribution is 2.32. The Kier molecular flexibility index (Phi) is 7.92. The summed E-state index contributed by atoms with van der Waals surface area (Å²) >= 11 is 6.24. The third-order valence-electron chi connectivity index (χ3n) is 6.65. The third kappa shape index (κ3) is 5.74. The lowest BCUT2D eigenvalue weighted by atomic mass is 10.1. The Morgan fingerprint density at radius 3 is 2.65 bits per heavy atom. The molecule has 40 heavy (non-hydrogen) atoms. The van der Waals surface area contributed by atoms with E-state index in [-0.39, 0.29) is 54.4 Å². The van der Waals surface area contributed by atoms with Gasteiger partial charge in [0.25, 0.3) is 17.7 Å². The van der Waals surface area contributed by atoms with Crippen LogP contribution in [0.5, 0.6) is 23.0 Å². The van der Waals surface area contributed by atoms with Gasteiger partial charge >= 0.3 is 0 Å². The first-order valence-electron chi connectivity index (χ1n) is 12.5. The normalized spacial score (nSPS) is 18.9. The zero-order valence-electron chi connectivity index (χ0n) is 21.8. The average molecular weight is 567 g/mol. The van der Waals surface area contributed by atoms with Crippen molar-refractivity contribution in [1.29, 1.82) is 0 Å². The molecule has 3 aliphatic heterocycles. The predicted molar refractivity (Wildman–Crippen MR) is 144 cm³/mol. The van der Waals surface area contributed by atoms with E-state index in [2.05, 4.69) is 15.6 Å². The van der Waals surface area contributed by atoms with Crippen LogP contribution in [0.3, 0.4) is 0 Å². The second-order valence-electron chi connectivity index (χ2n) is 9.22. The van der Waals surface area contributed by atoms with Crippen LogP contribution in [0.2, 0.25) is 5.02 Å². The summed E-state index contributed by atoms with van der Waals surface area (Å²) in [5, 5.41) is 6.01. The van der Waals surface area contributed by atoms with Crippen molar-refractivity contribution < 1.29 is 33.3 Å². The second kappa shape index (κ2) is 11.7. The van der Waals surface area contributed by atoms with Crippen LogP contribution in [0, 0.1) is 0 Å². The van der Waals surface area contributed by atoms with E-state index in [1.165, 1.54) is 32.7 Å². The third-order valence-corrected chi connectivity index (χ3v) is 6.95. The van der Waals surface area contributed by atoms with E-state index in [0.29, 0.717) is 22.8 Å². The molecule has 2 atom stereocenters. The summed E-state index contributed by atoms with van der Waals surface area (Å²) in [6.45, 7) is 0.308. The minimum absolute atomic E-state index is 0.173. The Morgan fingerprint density at radius 2 is 1.88 bits per heavy atom. The molecule has 1 saturated heterocycles. The summed E-state index contributed by atoms with van der Waals surface area (Å²) in [4.78, 5) is 44.7. The summed E-state index contributed by atoms with van der Waals surface area (Å²) in [5.74, 6) is 0.401. The van der Waals surface area contributed by atoms with E-state index in [0.717, 1.165) is 5.56 Å². The molecule has 2 aromatic carbocycles. The van der Waals surface area contributed by atoms with Crippen molar-refractivity contribution in [1.82, 2.24) is 20.5 Å². The van der Waals surface area contributed by atoms with E-state index in [1.54, 1.807) is 41.3 Å². The number of carbonyl (C=O) groups is 3. The molecule has 2 N–H and O–H groups in total. The van der Waals surface area contributed by atoms with Crippen LogP contribution in [-0.2, 0) is 11.3 Å². The molecule has 0 unspecified atom stereocenters. The number of ether oxygens (including phenoxy) is 4. The zero-order chi connectivity index (χ0) is 28.2. The molecule has 0 saturated carbocycles. The smallest absolute Gasteiger partial charge is 0.258 e. The van der Waals surface area contributed by atoms with Crippen LogP contribution in [0.4, 0.5) is 0 Å². The quantitative estimate of drug-likeness (QED) is 0.495. The van der Waals surface area contributed by atoms with E-state index < -0.39 is 18.1 Å². The first kappa shape index (κ1) is 27.1. The number of rotatable bonds is 3. The minimum Gasteiger partial charge on any atom is -0.493 e. The van der Waals surface area contributed by atoms with Crippen molar-refractivity contribution >= 4 is 29.3 Å². The van der Waals surface area contributed by atoms with Crippen LogP contribution in [-0.4, -0.2) is 73.7 Å². The maximum Gasteiger partial charge on any atom is 0.258 e. The van der Waals surface area contributed by atoms with Crippen LogP contribution in [0.25, 0.3) is 0 Å². The lowest BCUT2D eigenvalue weighted by molar-refractivity contribution is -0.123. The Balaban J connectivity index is 1.49. The molecule has 0 aliphatic carbocycles. The fourth-order valence-electron chi connectivity index (χ4n) is 4.58. The van der Waals surface area contributed by atoms with E-state index in [1.807, 2.05) is 0 Å². The van der Waals surface area contributed by atoms with Crippen molar-refractivity contribution in [2.24, 2.45) is 0 Å². The molecular weight excluding hydrogens is 540 g/mol. The molecule has 3 amide bonds. The van der Waals surface area contributed by atoms with Gasteiger partial charge in [-0.25, -0.2) is 0 Å². The molecule has 1 fully saturated rings. The number of methoxy groups -OCH3 is 2. The van der Waals surface area contributed by atoms with Gasteiger partial charge in [0, 0.05) is 31.0 Å². The molecule has 208 valence electrons. The van der Waals surface area contributed by atoms with Crippen LogP contribution < -0.4 is 29.6 Å². The number of nitrogens with zero attached hydrogens (tertiary/aromatic N) is 2. The van der Waals surface area contributed by atoms with Crippen LogP contribution in [0.1, 0.15) is 26.3 Å². The highest BCUT2D eigenvalue weighted by atomic mass is 35.5. The molecule has 6 rings (SSSR count). The number of fused-ring (bicyclic) bond motifs is 7. The number of hydrogen-bond acceptors (Lipinski definition) is 8. The summed E-state index contributed by atoms with van der Waals surface area (Å²) in [5.41, 5.74) is 1.36.